The highest BCUT2D eigenvalue weighted by molar-refractivity contribution is 7.07. The van der Waals surface area contributed by atoms with E-state index < -0.39 is 0 Å². The van der Waals surface area contributed by atoms with Crippen LogP contribution in [0.15, 0.2) is 16.8 Å². The van der Waals surface area contributed by atoms with Crippen LogP contribution in [0.2, 0.25) is 0 Å². The first-order valence-corrected chi connectivity index (χ1v) is 8.45. The van der Waals surface area contributed by atoms with E-state index in [0.29, 0.717) is 0 Å². The predicted octanol–water partition coefficient (Wildman–Crippen LogP) is 2.28. The van der Waals surface area contributed by atoms with Gasteiger partial charge < -0.3 is 9.64 Å². The fourth-order valence-corrected chi connectivity index (χ4v) is 4.01. The number of carbonyl (C=O) groups excluding carboxylic acids is 1. The summed E-state index contributed by atoms with van der Waals surface area (Å²) in [5, 5.41) is 7.78. The van der Waals surface area contributed by atoms with E-state index in [4.69, 9.17) is 4.74 Å². The molecule has 3 heterocycles. The number of rotatable bonds is 3. The van der Waals surface area contributed by atoms with Crippen molar-refractivity contribution in [1.29, 1.82) is 0 Å². The lowest BCUT2D eigenvalue weighted by Crippen LogP contribution is -2.39. The number of nitrogens with zero attached hydrogens (tertiary/aromatic N) is 1. The van der Waals surface area contributed by atoms with Gasteiger partial charge in [-0.1, -0.05) is 0 Å². The molecule has 0 bridgehead atoms. The van der Waals surface area contributed by atoms with Gasteiger partial charge in [-0.2, -0.15) is 11.3 Å². The van der Waals surface area contributed by atoms with E-state index in [1.807, 2.05) is 4.90 Å². The average Bonchev–Trinajstić information content (AvgIpc) is 2.96. The maximum Gasteiger partial charge on any atom is 0.244 e. The molecule has 1 aliphatic carbocycles. The predicted molar refractivity (Wildman–Crippen MR) is 77.5 cm³/mol. The van der Waals surface area contributed by atoms with Gasteiger partial charge in [-0.3, -0.25) is 10.1 Å². The largest absolute Gasteiger partial charge is 0.376 e. The van der Waals surface area contributed by atoms with Crippen molar-refractivity contribution in [2.45, 2.75) is 49.9 Å². The van der Waals surface area contributed by atoms with Crippen molar-refractivity contribution in [3.63, 3.8) is 0 Å². The Labute approximate surface area is 123 Å². The van der Waals surface area contributed by atoms with Crippen LogP contribution in [0.5, 0.6) is 0 Å². The van der Waals surface area contributed by atoms with E-state index in [9.17, 15) is 4.79 Å². The summed E-state index contributed by atoms with van der Waals surface area (Å²) in [5.74, 6) is 0.280. The molecule has 2 aliphatic heterocycles. The van der Waals surface area contributed by atoms with Gasteiger partial charge >= 0.3 is 0 Å². The van der Waals surface area contributed by atoms with Crippen LogP contribution in [0, 0.1) is 0 Å². The lowest BCUT2D eigenvalue weighted by atomic mass is 10.1. The van der Waals surface area contributed by atoms with Gasteiger partial charge in [-0.05, 0) is 54.5 Å². The molecule has 1 spiro atoms. The Kier molecular flexibility index (Phi) is 3.09. The Bertz CT molecular complexity index is 492. The zero-order chi connectivity index (χ0) is 13.6. The Morgan fingerprint density at radius 2 is 2.35 bits per heavy atom. The first-order valence-electron chi connectivity index (χ1n) is 7.51. The molecule has 4 nitrogen and oxygen atoms in total. The summed E-state index contributed by atoms with van der Waals surface area (Å²) < 4.78 is 5.82. The van der Waals surface area contributed by atoms with Crippen LogP contribution in [-0.4, -0.2) is 35.6 Å². The SMILES string of the molecule is O=C1N(CC2CCCCO2)C(c2ccsc2)NC12CC2. The van der Waals surface area contributed by atoms with Gasteiger partial charge in [0.05, 0.1) is 6.10 Å². The quantitative estimate of drug-likeness (QED) is 0.929. The van der Waals surface area contributed by atoms with Crippen molar-refractivity contribution in [1.82, 2.24) is 10.2 Å². The highest BCUT2D eigenvalue weighted by atomic mass is 32.1. The zero-order valence-electron chi connectivity index (χ0n) is 11.5. The molecule has 1 aromatic rings. The molecule has 2 saturated heterocycles. The molecule has 1 amide bonds. The number of nitrogens with one attached hydrogen (secondary N) is 1. The maximum atomic E-state index is 12.7. The van der Waals surface area contributed by atoms with Gasteiger partial charge in [-0.25, -0.2) is 0 Å². The molecule has 0 radical (unpaired) electrons. The summed E-state index contributed by atoms with van der Waals surface area (Å²) in [7, 11) is 0. The van der Waals surface area contributed by atoms with Crippen LogP contribution in [-0.2, 0) is 9.53 Å². The first kappa shape index (κ1) is 12.8. The Morgan fingerprint density at radius 1 is 1.45 bits per heavy atom. The monoisotopic (exact) mass is 292 g/mol. The molecule has 5 heteroatoms. The summed E-state index contributed by atoms with van der Waals surface area (Å²) in [4.78, 5) is 14.7. The standard InChI is InChI=1S/C15H20N2O2S/c18-14-15(5-6-15)16-13(11-4-8-20-10-11)17(14)9-12-3-1-2-7-19-12/h4,8,10,12-13,16H,1-3,5-7,9H2. The zero-order valence-corrected chi connectivity index (χ0v) is 12.3. The molecule has 0 aromatic carbocycles. The normalized spacial score (nSPS) is 32.0. The average molecular weight is 292 g/mol. The third-order valence-electron chi connectivity index (χ3n) is 4.68. The molecule has 2 unspecified atom stereocenters. The Balaban J connectivity index is 1.55. The number of hydrogen-bond acceptors (Lipinski definition) is 4. The van der Waals surface area contributed by atoms with Crippen molar-refractivity contribution in [2.75, 3.05) is 13.2 Å². The second-order valence-corrected chi connectivity index (χ2v) is 6.91. The molecule has 20 heavy (non-hydrogen) atoms. The summed E-state index contributed by atoms with van der Waals surface area (Å²) in [6.45, 7) is 1.57. The van der Waals surface area contributed by atoms with E-state index in [1.165, 1.54) is 12.0 Å². The Hall–Kier alpha value is -0.910. The molecule has 1 saturated carbocycles. The number of carbonyl (C=O) groups is 1. The molecular formula is C15H20N2O2S. The Morgan fingerprint density at radius 3 is 3.00 bits per heavy atom. The molecular weight excluding hydrogens is 272 g/mol. The fourth-order valence-electron chi connectivity index (χ4n) is 3.33. The third-order valence-corrected chi connectivity index (χ3v) is 5.38. The summed E-state index contributed by atoms with van der Waals surface area (Å²) in [6, 6.07) is 2.12. The summed E-state index contributed by atoms with van der Waals surface area (Å²) >= 11 is 1.69. The number of amides is 1. The minimum absolute atomic E-state index is 0.0433. The maximum absolute atomic E-state index is 12.7. The van der Waals surface area contributed by atoms with E-state index in [1.54, 1.807) is 11.3 Å². The fraction of sp³-hybridized carbons (Fsp3) is 0.667. The van der Waals surface area contributed by atoms with E-state index in [-0.39, 0.29) is 23.7 Å². The lowest BCUT2D eigenvalue weighted by molar-refractivity contribution is -0.133. The minimum atomic E-state index is -0.249. The summed E-state index contributed by atoms with van der Waals surface area (Å²) in [6.07, 6.45) is 5.66. The van der Waals surface area contributed by atoms with Crippen molar-refractivity contribution in [3.8, 4) is 0 Å². The van der Waals surface area contributed by atoms with Gasteiger partial charge in [0.2, 0.25) is 5.91 Å². The highest BCUT2D eigenvalue weighted by Crippen LogP contribution is 2.46. The highest BCUT2D eigenvalue weighted by Gasteiger charge is 2.59. The van der Waals surface area contributed by atoms with Crippen molar-refractivity contribution >= 4 is 17.2 Å². The van der Waals surface area contributed by atoms with E-state index in [0.717, 1.165) is 38.8 Å². The number of hydrogen-bond donors (Lipinski definition) is 1. The molecule has 3 aliphatic rings. The number of ether oxygens (including phenoxy) is 1. The second kappa shape index (κ2) is 4.83. The van der Waals surface area contributed by atoms with Crippen LogP contribution >= 0.6 is 11.3 Å². The number of thiophene rings is 1. The second-order valence-electron chi connectivity index (χ2n) is 6.13. The van der Waals surface area contributed by atoms with Gasteiger partial charge in [0, 0.05) is 13.2 Å². The smallest absolute Gasteiger partial charge is 0.244 e. The van der Waals surface area contributed by atoms with Crippen LogP contribution < -0.4 is 5.32 Å². The molecule has 108 valence electrons. The van der Waals surface area contributed by atoms with Crippen LogP contribution in [0.1, 0.15) is 43.8 Å². The van der Waals surface area contributed by atoms with Gasteiger partial charge in [0.25, 0.3) is 0 Å². The van der Waals surface area contributed by atoms with Crippen molar-refractivity contribution in [3.05, 3.63) is 22.4 Å². The van der Waals surface area contributed by atoms with E-state index >= 15 is 0 Å². The van der Waals surface area contributed by atoms with Crippen molar-refractivity contribution < 1.29 is 9.53 Å². The van der Waals surface area contributed by atoms with Crippen LogP contribution in [0.3, 0.4) is 0 Å². The van der Waals surface area contributed by atoms with Crippen LogP contribution in [0.4, 0.5) is 0 Å². The van der Waals surface area contributed by atoms with Crippen molar-refractivity contribution in [2.24, 2.45) is 0 Å². The van der Waals surface area contributed by atoms with Gasteiger partial charge in [-0.15, -0.1) is 0 Å². The summed E-state index contributed by atoms with van der Waals surface area (Å²) in [5.41, 5.74) is 0.962. The topological polar surface area (TPSA) is 41.6 Å². The molecule has 4 rings (SSSR count). The molecule has 3 fully saturated rings. The lowest BCUT2D eigenvalue weighted by Gasteiger charge is -2.30. The third kappa shape index (κ3) is 2.08. The van der Waals surface area contributed by atoms with Gasteiger partial charge in [0.15, 0.2) is 0 Å². The molecule has 1 aromatic heterocycles. The first-order chi connectivity index (χ1) is 9.78. The molecule has 1 N–H and O–H groups in total. The molecule has 2 atom stereocenters. The minimum Gasteiger partial charge on any atom is -0.376 e. The van der Waals surface area contributed by atoms with E-state index in [2.05, 4.69) is 22.1 Å². The van der Waals surface area contributed by atoms with Crippen LogP contribution in [0.25, 0.3) is 0 Å². The van der Waals surface area contributed by atoms with Gasteiger partial charge in [0.1, 0.15) is 11.7 Å².